The maximum absolute atomic E-state index is 5.51. The van der Waals surface area contributed by atoms with Gasteiger partial charge in [-0.2, -0.15) is 0 Å². The Bertz CT molecular complexity index is 411. The summed E-state index contributed by atoms with van der Waals surface area (Å²) in [5, 5.41) is 5.29. The Kier molecular flexibility index (Phi) is 3.25. The molecular formula is C12H13NOS. The molecule has 78 valence electrons. The highest BCUT2D eigenvalue weighted by Gasteiger charge is 1.95. The molecule has 3 heteroatoms. The van der Waals surface area contributed by atoms with Crippen LogP contribution in [0.5, 0.6) is 5.75 Å². The molecule has 0 aliphatic carbocycles. The van der Waals surface area contributed by atoms with Crippen LogP contribution in [0.2, 0.25) is 0 Å². The van der Waals surface area contributed by atoms with Crippen molar-refractivity contribution in [3.8, 4) is 5.75 Å². The van der Waals surface area contributed by atoms with E-state index in [1.54, 1.807) is 11.3 Å². The number of ether oxygens (including phenoxy) is 1. The van der Waals surface area contributed by atoms with Crippen LogP contribution in [0.25, 0.3) is 0 Å². The molecule has 1 N–H and O–H groups in total. The average Bonchev–Trinajstić information content (AvgIpc) is 2.66. The zero-order chi connectivity index (χ0) is 10.5. The standard InChI is InChI=1S/C12H13NOS/c1-10-7-11(8-15-10)13-9-14-12-5-3-2-4-6-12/h2-8,13H,9H2,1H3. The summed E-state index contributed by atoms with van der Waals surface area (Å²) in [6.07, 6.45) is 0. The molecule has 0 amide bonds. The fourth-order valence-electron chi connectivity index (χ4n) is 1.26. The maximum atomic E-state index is 5.51. The van der Waals surface area contributed by atoms with Gasteiger partial charge in [0.2, 0.25) is 0 Å². The molecule has 15 heavy (non-hydrogen) atoms. The third kappa shape index (κ3) is 2.99. The molecule has 1 heterocycles. The fourth-order valence-corrected chi connectivity index (χ4v) is 1.91. The van der Waals surface area contributed by atoms with Crippen LogP contribution in [-0.4, -0.2) is 6.73 Å². The Morgan fingerprint density at radius 2 is 2.07 bits per heavy atom. The minimum Gasteiger partial charge on any atom is -0.473 e. The Morgan fingerprint density at radius 3 is 2.73 bits per heavy atom. The van der Waals surface area contributed by atoms with E-state index >= 15 is 0 Å². The first-order valence-electron chi connectivity index (χ1n) is 4.81. The van der Waals surface area contributed by atoms with Gasteiger partial charge in [0, 0.05) is 15.9 Å². The number of thiophene rings is 1. The van der Waals surface area contributed by atoms with Crippen LogP contribution in [-0.2, 0) is 0 Å². The van der Waals surface area contributed by atoms with Crippen LogP contribution < -0.4 is 10.1 Å². The lowest BCUT2D eigenvalue weighted by atomic mass is 10.3. The zero-order valence-electron chi connectivity index (χ0n) is 8.57. The summed E-state index contributed by atoms with van der Waals surface area (Å²) in [5.41, 5.74) is 1.12. The van der Waals surface area contributed by atoms with Crippen molar-refractivity contribution in [1.82, 2.24) is 0 Å². The molecule has 2 rings (SSSR count). The second kappa shape index (κ2) is 4.84. The molecule has 0 bridgehead atoms. The lowest BCUT2D eigenvalue weighted by molar-refractivity contribution is 0.347. The van der Waals surface area contributed by atoms with Gasteiger partial charge < -0.3 is 10.1 Å². The number of anilines is 1. The van der Waals surface area contributed by atoms with E-state index in [0.717, 1.165) is 11.4 Å². The van der Waals surface area contributed by atoms with Crippen LogP contribution in [0.4, 0.5) is 5.69 Å². The molecule has 1 aromatic heterocycles. The van der Waals surface area contributed by atoms with Gasteiger partial charge in [-0.15, -0.1) is 11.3 Å². The average molecular weight is 219 g/mol. The lowest BCUT2D eigenvalue weighted by Gasteiger charge is -2.06. The van der Waals surface area contributed by atoms with E-state index in [4.69, 9.17) is 4.74 Å². The molecule has 0 atom stereocenters. The van der Waals surface area contributed by atoms with Crippen LogP contribution in [0.15, 0.2) is 41.8 Å². The Balaban J connectivity index is 1.80. The smallest absolute Gasteiger partial charge is 0.159 e. The first kappa shape index (κ1) is 10.1. The molecular weight excluding hydrogens is 206 g/mol. The fraction of sp³-hybridized carbons (Fsp3) is 0.167. The number of aryl methyl sites for hydroxylation is 1. The Hall–Kier alpha value is -1.48. The van der Waals surface area contributed by atoms with Gasteiger partial charge in [-0.25, -0.2) is 0 Å². The van der Waals surface area contributed by atoms with Gasteiger partial charge in [0.05, 0.1) is 0 Å². The number of hydrogen-bond acceptors (Lipinski definition) is 3. The second-order valence-corrected chi connectivity index (χ2v) is 4.34. The maximum Gasteiger partial charge on any atom is 0.159 e. The summed E-state index contributed by atoms with van der Waals surface area (Å²) in [7, 11) is 0. The van der Waals surface area contributed by atoms with Gasteiger partial charge in [-0.05, 0) is 25.1 Å². The third-order valence-electron chi connectivity index (χ3n) is 1.99. The van der Waals surface area contributed by atoms with E-state index in [-0.39, 0.29) is 0 Å². The van der Waals surface area contributed by atoms with Crippen LogP contribution in [0, 0.1) is 6.92 Å². The van der Waals surface area contributed by atoms with E-state index in [2.05, 4.69) is 23.7 Å². The highest BCUT2D eigenvalue weighted by atomic mass is 32.1. The molecule has 0 unspecified atom stereocenters. The SMILES string of the molecule is Cc1cc(NCOc2ccccc2)cs1. The molecule has 1 aromatic carbocycles. The molecule has 0 aliphatic rings. The van der Waals surface area contributed by atoms with Gasteiger partial charge in [0.25, 0.3) is 0 Å². The van der Waals surface area contributed by atoms with Crippen LogP contribution in [0.1, 0.15) is 4.88 Å². The largest absolute Gasteiger partial charge is 0.473 e. The molecule has 0 radical (unpaired) electrons. The van der Waals surface area contributed by atoms with Crippen molar-refractivity contribution >= 4 is 17.0 Å². The summed E-state index contributed by atoms with van der Waals surface area (Å²) < 4.78 is 5.51. The first-order chi connectivity index (χ1) is 7.34. The summed E-state index contributed by atoms with van der Waals surface area (Å²) >= 11 is 1.73. The van der Waals surface area contributed by atoms with Crippen molar-refractivity contribution in [3.05, 3.63) is 46.7 Å². The predicted molar refractivity (Wildman–Crippen MR) is 64.6 cm³/mol. The van der Waals surface area contributed by atoms with Crippen LogP contribution in [0.3, 0.4) is 0 Å². The second-order valence-electron chi connectivity index (χ2n) is 3.22. The van der Waals surface area contributed by atoms with Crippen molar-refractivity contribution in [1.29, 1.82) is 0 Å². The van der Waals surface area contributed by atoms with Gasteiger partial charge in [-0.1, -0.05) is 18.2 Å². The number of hydrogen-bond donors (Lipinski definition) is 1. The number of para-hydroxylation sites is 1. The van der Waals surface area contributed by atoms with Gasteiger partial charge in [0.15, 0.2) is 6.73 Å². The van der Waals surface area contributed by atoms with Gasteiger partial charge >= 0.3 is 0 Å². The monoisotopic (exact) mass is 219 g/mol. The lowest BCUT2D eigenvalue weighted by Crippen LogP contribution is -2.07. The summed E-state index contributed by atoms with van der Waals surface area (Å²) in [6.45, 7) is 2.59. The Morgan fingerprint density at radius 1 is 1.27 bits per heavy atom. The molecule has 0 aliphatic heterocycles. The number of nitrogens with one attached hydrogen (secondary N) is 1. The molecule has 0 spiro atoms. The van der Waals surface area contributed by atoms with E-state index < -0.39 is 0 Å². The number of rotatable bonds is 4. The predicted octanol–water partition coefficient (Wildman–Crippen LogP) is 3.50. The van der Waals surface area contributed by atoms with Crippen molar-refractivity contribution in [3.63, 3.8) is 0 Å². The van der Waals surface area contributed by atoms with Crippen molar-refractivity contribution in [2.45, 2.75) is 6.92 Å². The van der Waals surface area contributed by atoms with E-state index in [1.807, 2.05) is 30.3 Å². The van der Waals surface area contributed by atoms with Crippen molar-refractivity contribution in [2.75, 3.05) is 12.0 Å². The quantitative estimate of drug-likeness (QED) is 0.795. The molecule has 0 fully saturated rings. The van der Waals surface area contributed by atoms with Gasteiger partial charge in [0.1, 0.15) is 5.75 Å². The summed E-state index contributed by atoms with van der Waals surface area (Å²) in [6, 6.07) is 11.9. The van der Waals surface area contributed by atoms with Gasteiger partial charge in [-0.3, -0.25) is 0 Å². The van der Waals surface area contributed by atoms with Crippen molar-refractivity contribution < 1.29 is 4.74 Å². The summed E-state index contributed by atoms with van der Waals surface area (Å²) in [4.78, 5) is 1.30. The summed E-state index contributed by atoms with van der Waals surface area (Å²) in [5.74, 6) is 0.886. The van der Waals surface area contributed by atoms with E-state index in [9.17, 15) is 0 Å². The van der Waals surface area contributed by atoms with Crippen LogP contribution >= 0.6 is 11.3 Å². The Labute approximate surface area is 93.5 Å². The van der Waals surface area contributed by atoms with E-state index in [0.29, 0.717) is 6.73 Å². The molecule has 0 saturated carbocycles. The zero-order valence-corrected chi connectivity index (χ0v) is 9.38. The first-order valence-corrected chi connectivity index (χ1v) is 5.69. The third-order valence-corrected chi connectivity index (χ3v) is 2.85. The minimum atomic E-state index is 0.500. The molecule has 2 aromatic rings. The minimum absolute atomic E-state index is 0.500. The molecule has 2 nitrogen and oxygen atoms in total. The number of benzene rings is 1. The topological polar surface area (TPSA) is 21.3 Å². The highest BCUT2D eigenvalue weighted by molar-refractivity contribution is 7.10. The normalized spacial score (nSPS) is 9.93. The van der Waals surface area contributed by atoms with E-state index in [1.165, 1.54) is 4.88 Å². The molecule has 0 saturated heterocycles. The highest BCUT2D eigenvalue weighted by Crippen LogP contribution is 2.17. The van der Waals surface area contributed by atoms with Crippen molar-refractivity contribution in [2.24, 2.45) is 0 Å².